The minimum atomic E-state index is 0.0826. The van der Waals surface area contributed by atoms with Crippen molar-refractivity contribution in [2.45, 2.75) is 51.0 Å². The number of pyridine rings is 1. The van der Waals surface area contributed by atoms with Crippen LogP contribution in [-0.2, 0) is 0 Å². The summed E-state index contributed by atoms with van der Waals surface area (Å²) >= 11 is 0. The van der Waals surface area contributed by atoms with Crippen molar-refractivity contribution < 1.29 is 4.74 Å². The summed E-state index contributed by atoms with van der Waals surface area (Å²) in [5.41, 5.74) is 3.85. The molecule has 0 bridgehead atoms. The first kappa shape index (κ1) is 14.3. The fourth-order valence-electron chi connectivity index (χ4n) is 3.03. The molecule has 1 aliphatic rings. The van der Waals surface area contributed by atoms with Crippen LogP contribution in [0.15, 0.2) is 18.3 Å². The van der Waals surface area contributed by atoms with Crippen LogP contribution in [0, 0.1) is 5.92 Å². The van der Waals surface area contributed by atoms with Gasteiger partial charge in [-0.1, -0.05) is 38.5 Å². The highest BCUT2D eigenvalue weighted by Crippen LogP contribution is 2.32. The van der Waals surface area contributed by atoms with Crippen molar-refractivity contribution in [1.82, 2.24) is 10.4 Å². The van der Waals surface area contributed by atoms with E-state index in [1.807, 2.05) is 12.1 Å². The molecule has 1 fully saturated rings. The molecule has 0 amide bonds. The molecule has 1 atom stereocenters. The minimum absolute atomic E-state index is 0.0826. The number of rotatable bonds is 5. The van der Waals surface area contributed by atoms with E-state index < -0.39 is 0 Å². The second kappa shape index (κ2) is 7.46. The van der Waals surface area contributed by atoms with Crippen molar-refractivity contribution in [3.05, 3.63) is 24.0 Å². The van der Waals surface area contributed by atoms with Gasteiger partial charge < -0.3 is 4.74 Å². The maximum absolute atomic E-state index is 5.74. The van der Waals surface area contributed by atoms with E-state index in [4.69, 9.17) is 10.6 Å². The van der Waals surface area contributed by atoms with E-state index in [2.05, 4.69) is 10.4 Å². The van der Waals surface area contributed by atoms with Gasteiger partial charge in [0.05, 0.1) is 13.2 Å². The fourth-order valence-corrected chi connectivity index (χ4v) is 3.03. The number of nitrogens with two attached hydrogens (primary N) is 1. The number of nitrogens with one attached hydrogen (secondary N) is 1. The Labute approximate surface area is 115 Å². The number of methoxy groups -OCH3 is 1. The molecule has 4 nitrogen and oxygen atoms in total. The quantitative estimate of drug-likeness (QED) is 0.487. The van der Waals surface area contributed by atoms with Crippen molar-refractivity contribution in [2.24, 2.45) is 11.8 Å². The summed E-state index contributed by atoms with van der Waals surface area (Å²) in [6, 6.07) is 3.92. The molecule has 1 aromatic heterocycles. The minimum Gasteiger partial charge on any atom is -0.495 e. The van der Waals surface area contributed by atoms with Crippen LogP contribution in [0.1, 0.15) is 56.7 Å². The Hall–Kier alpha value is -1.13. The first-order valence-corrected chi connectivity index (χ1v) is 7.30. The van der Waals surface area contributed by atoms with Gasteiger partial charge in [-0.15, -0.1) is 0 Å². The molecule has 0 aliphatic heterocycles. The van der Waals surface area contributed by atoms with Gasteiger partial charge >= 0.3 is 0 Å². The highest BCUT2D eigenvalue weighted by molar-refractivity contribution is 5.29. The summed E-state index contributed by atoms with van der Waals surface area (Å²) in [6.07, 6.45) is 10.9. The number of hydrogen-bond donors (Lipinski definition) is 2. The Morgan fingerprint density at radius 3 is 2.74 bits per heavy atom. The average Bonchev–Trinajstić information content (AvgIpc) is 2.73. The van der Waals surface area contributed by atoms with Crippen LogP contribution < -0.4 is 16.0 Å². The lowest BCUT2D eigenvalue weighted by Gasteiger charge is -2.22. The zero-order chi connectivity index (χ0) is 13.5. The molecule has 1 heterocycles. The van der Waals surface area contributed by atoms with Gasteiger partial charge in [0, 0.05) is 6.20 Å². The first-order valence-electron chi connectivity index (χ1n) is 7.30. The zero-order valence-corrected chi connectivity index (χ0v) is 11.8. The second-order valence-corrected chi connectivity index (χ2v) is 5.40. The maximum Gasteiger partial charge on any atom is 0.142 e. The fraction of sp³-hybridized carbons (Fsp3) is 0.667. The van der Waals surface area contributed by atoms with Crippen LogP contribution >= 0.6 is 0 Å². The molecule has 1 aliphatic carbocycles. The number of nitrogens with zero attached hydrogens (tertiary/aromatic N) is 1. The molecule has 0 aromatic carbocycles. The Balaban J connectivity index is 2.06. The van der Waals surface area contributed by atoms with Crippen molar-refractivity contribution in [3.8, 4) is 5.75 Å². The largest absolute Gasteiger partial charge is 0.495 e. The first-order chi connectivity index (χ1) is 9.35. The molecule has 3 N–H and O–H groups in total. The highest BCUT2D eigenvalue weighted by atomic mass is 16.5. The lowest BCUT2D eigenvalue weighted by Crippen LogP contribution is -2.30. The number of aromatic nitrogens is 1. The van der Waals surface area contributed by atoms with Crippen LogP contribution in [-0.4, -0.2) is 12.1 Å². The topological polar surface area (TPSA) is 60.2 Å². The van der Waals surface area contributed by atoms with E-state index in [1.54, 1.807) is 13.3 Å². The normalized spacial score (nSPS) is 18.8. The monoisotopic (exact) mass is 263 g/mol. The van der Waals surface area contributed by atoms with Crippen LogP contribution in [0.25, 0.3) is 0 Å². The summed E-state index contributed by atoms with van der Waals surface area (Å²) in [6.45, 7) is 0. The standard InChI is InChI=1S/C15H25N3O/c1-19-14-9-6-10-17-15(14)13(18-16)11-12-7-4-2-3-5-8-12/h6,9-10,12-13,18H,2-5,7-8,11,16H2,1H3. The molecule has 0 saturated heterocycles. The maximum atomic E-state index is 5.74. The number of hydrazine groups is 1. The predicted octanol–water partition coefficient (Wildman–Crippen LogP) is 2.96. The average molecular weight is 263 g/mol. The van der Waals surface area contributed by atoms with E-state index in [0.717, 1.165) is 23.8 Å². The van der Waals surface area contributed by atoms with Gasteiger partial charge in [-0.05, 0) is 24.5 Å². The van der Waals surface area contributed by atoms with Crippen molar-refractivity contribution in [2.75, 3.05) is 7.11 Å². The van der Waals surface area contributed by atoms with Crippen LogP contribution in [0.4, 0.5) is 0 Å². The Morgan fingerprint density at radius 1 is 1.37 bits per heavy atom. The molecule has 1 unspecified atom stereocenters. The molecular weight excluding hydrogens is 238 g/mol. The second-order valence-electron chi connectivity index (χ2n) is 5.40. The van der Waals surface area contributed by atoms with Gasteiger partial charge in [-0.3, -0.25) is 16.3 Å². The van der Waals surface area contributed by atoms with Crippen LogP contribution in [0.2, 0.25) is 0 Å². The summed E-state index contributed by atoms with van der Waals surface area (Å²) in [7, 11) is 1.68. The van der Waals surface area contributed by atoms with Gasteiger partial charge in [0.15, 0.2) is 0 Å². The zero-order valence-electron chi connectivity index (χ0n) is 11.8. The predicted molar refractivity (Wildman–Crippen MR) is 76.7 cm³/mol. The van der Waals surface area contributed by atoms with Gasteiger partial charge in [0.1, 0.15) is 11.4 Å². The van der Waals surface area contributed by atoms with E-state index in [1.165, 1.54) is 38.5 Å². The van der Waals surface area contributed by atoms with Crippen LogP contribution in [0.5, 0.6) is 5.75 Å². The third-order valence-electron chi connectivity index (χ3n) is 4.09. The molecule has 2 rings (SSSR count). The molecule has 1 aromatic rings. The molecule has 1 saturated carbocycles. The lowest BCUT2D eigenvalue weighted by molar-refractivity contribution is 0.339. The summed E-state index contributed by atoms with van der Waals surface area (Å²) in [5, 5.41) is 0. The molecule has 0 spiro atoms. The molecule has 0 radical (unpaired) electrons. The molecule has 19 heavy (non-hydrogen) atoms. The Kier molecular flexibility index (Phi) is 5.61. The van der Waals surface area contributed by atoms with Gasteiger partial charge in [0.25, 0.3) is 0 Å². The van der Waals surface area contributed by atoms with Crippen molar-refractivity contribution >= 4 is 0 Å². The summed E-state index contributed by atoms with van der Waals surface area (Å²) in [5.74, 6) is 7.30. The lowest BCUT2D eigenvalue weighted by atomic mass is 9.91. The van der Waals surface area contributed by atoms with Crippen molar-refractivity contribution in [3.63, 3.8) is 0 Å². The Morgan fingerprint density at radius 2 is 2.11 bits per heavy atom. The van der Waals surface area contributed by atoms with E-state index in [9.17, 15) is 0 Å². The van der Waals surface area contributed by atoms with Gasteiger partial charge in [0.2, 0.25) is 0 Å². The third kappa shape index (κ3) is 3.91. The molecule has 4 heteroatoms. The smallest absolute Gasteiger partial charge is 0.142 e. The Bertz CT molecular complexity index is 375. The van der Waals surface area contributed by atoms with Crippen molar-refractivity contribution in [1.29, 1.82) is 0 Å². The summed E-state index contributed by atoms with van der Waals surface area (Å²) < 4.78 is 5.38. The van der Waals surface area contributed by atoms with Gasteiger partial charge in [-0.2, -0.15) is 0 Å². The van der Waals surface area contributed by atoms with Gasteiger partial charge in [-0.25, -0.2) is 0 Å². The highest BCUT2D eigenvalue weighted by Gasteiger charge is 2.21. The van der Waals surface area contributed by atoms with E-state index in [0.29, 0.717) is 0 Å². The van der Waals surface area contributed by atoms with Crippen LogP contribution in [0.3, 0.4) is 0 Å². The van der Waals surface area contributed by atoms with E-state index in [-0.39, 0.29) is 6.04 Å². The molecular formula is C15H25N3O. The molecule has 106 valence electrons. The third-order valence-corrected chi connectivity index (χ3v) is 4.09. The van der Waals surface area contributed by atoms with E-state index >= 15 is 0 Å². The summed E-state index contributed by atoms with van der Waals surface area (Å²) in [4.78, 5) is 4.44. The number of hydrogen-bond acceptors (Lipinski definition) is 4. The number of ether oxygens (including phenoxy) is 1. The SMILES string of the molecule is COc1cccnc1C(CC1CCCCCC1)NN.